The molecule has 2 aromatic heterocycles. The molecule has 2 rings (SSSR count). The van der Waals surface area contributed by atoms with Gasteiger partial charge in [0.15, 0.2) is 0 Å². The molecule has 0 saturated carbocycles. The first kappa shape index (κ1) is 11.8. The Labute approximate surface area is 103 Å². The molecule has 0 spiro atoms. The normalized spacial score (nSPS) is 10.4. The minimum absolute atomic E-state index is 0.351. The zero-order chi connectivity index (χ0) is 12.1. The van der Waals surface area contributed by atoms with Gasteiger partial charge in [-0.2, -0.15) is 0 Å². The highest BCUT2D eigenvalue weighted by atomic mass is 32.1. The fourth-order valence-corrected chi connectivity index (χ4v) is 2.00. The van der Waals surface area contributed by atoms with Crippen molar-refractivity contribution in [3.8, 4) is 0 Å². The van der Waals surface area contributed by atoms with E-state index < -0.39 is 0 Å². The van der Waals surface area contributed by atoms with Gasteiger partial charge in [0.1, 0.15) is 10.7 Å². The summed E-state index contributed by atoms with van der Waals surface area (Å²) >= 11 is 1.61. The molecule has 0 aromatic carbocycles. The molecule has 17 heavy (non-hydrogen) atoms. The fraction of sp³-hybridized carbons (Fsp3) is 0.273. The van der Waals surface area contributed by atoms with Crippen LogP contribution in [0, 0.1) is 0 Å². The smallest absolute Gasteiger partial charge is 0.354 e. The molecule has 6 heteroatoms. The number of ether oxygens (including phenoxy) is 1. The van der Waals surface area contributed by atoms with Crippen molar-refractivity contribution in [2.24, 2.45) is 0 Å². The number of methoxy groups -OCH3 is 1. The number of aromatic amines is 1. The standard InChI is InChI=1S/C11H13N3O2S/c1-16-11(15)9-3-2-8(14-9)6-12-7-10-13-4-5-17-10/h2-5,12,14H,6-7H2,1H3. The van der Waals surface area contributed by atoms with Crippen LogP contribution in [0.15, 0.2) is 23.7 Å². The Morgan fingerprint density at radius 3 is 3.12 bits per heavy atom. The van der Waals surface area contributed by atoms with Gasteiger partial charge in [0.25, 0.3) is 0 Å². The van der Waals surface area contributed by atoms with Crippen molar-refractivity contribution in [2.75, 3.05) is 7.11 Å². The van der Waals surface area contributed by atoms with E-state index >= 15 is 0 Å². The van der Waals surface area contributed by atoms with Gasteiger partial charge >= 0.3 is 5.97 Å². The molecule has 0 bridgehead atoms. The first-order chi connectivity index (χ1) is 8.29. The Bertz CT molecular complexity index is 479. The molecule has 0 fully saturated rings. The highest BCUT2D eigenvalue weighted by Gasteiger charge is 2.07. The highest BCUT2D eigenvalue weighted by Crippen LogP contribution is 2.05. The van der Waals surface area contributed by atoms with E-state index in [0.29, 0.717) is 12.2 Å². The van der Waals surface area contributed by atoms with Crippen LogP contribution in [0.3, 0.4) is 0 Å². The lowest BCUT2D eigenvalue weighted by Gasteiger charge is -2.00. The van der Waals surface area contributed by atoms with Gasteiger partial charge < -0.3 is 15.0 Å². The fourth-order valence-electron chi connectivity index (χ4n) is 1.42. The predicted molar refractivity (Wildman–Crippen MR) is 64.8 cm³/mol. The van der Waals surface area contributed by atoms with Crippen molar-refractivity contribution in [3.63, 3.8) is 0 Å². The number of hydrogen-bond acceptors (Lipinski definition) is 5. The molecule has 0 aliphatic heterocycles. The number of carbonyl (C=O) groups excluding carboxylic acids is 1. The first-order valence-electron chi connectivity index (χ1n) is 5.15. The van der Waals surface area contributed by atoms with Crippen molar-refractivity contribution in [3.05, 3.63) is 40.1 Å². The monoisotopic (exact) mass is 251 g/mol. The average molecular weight is 251 g/mol. The second-order valence-electron chi connectivity index (χ2n) is 3.42. The summed E-state index contributed by atoms with van der Waals surface area (Å²) in [5.74, 6) is -0.351. The zero-order valence-corrected chi connectivity index (χ0v) is 10.2. The van der Waals surface area contributed by atoms with E-state index in [9.17, 15) is 4.79 Å². The van der Waals surface area contributed by atoms with Gasteiger partial charge in [-0.3, -0.25) is 0 Å². The number of aromatic nitrogens is 2. The molecule has 2 heterocycles. The topological polar surface area (TPSA) is 67.0 Å². The lowest BCUT2D eigenvalue weighted by molar-refractivity contribution is 0.0594. The number of nitrogens with one attached hydrogen (secondary N) is 2. The molecular formula is C11H13N3O2S. The van der Waals surface area contributed by atoms with Gasteiger partial charge in [-0.25, -0.2) is 9.78 Å². The van der Waals surface area contributed by atoms with Crippen LogP contribution >= 0.6 is 11.3 Å². The van der Waals surface area contributed by atoms with E-state index in [0.717, 1.165) is 17.2 Å². The summed E-state index contributed by atoms with van der Waals surface area (Å²) in [6, 6.07) is 3.58. The van der Waals surface area contributed by atoms with Crippen molar-refractivity contribution < 1.29 is 9.53 Å². The van der Waals surface area contributed by atoms with Crippen LogP contribution in [0.2, 0.25) is 0 Å². The largest absolute Gasteiger partial charge is 0.464 e. The Morgan fingerprint density at radius 2 is 2.41 bits per heavy atom. The van der Waals surface area contributed by atoms with E-state index in [1.165, 1.54) is 7.11 Å². The van der Waals surface area contributed by atoms with Gasteiger partial charge in [-0.15, -0.1) is 11.3 Å². The molecule has 0 aliphatic rings. The Hall–Kier alpha value is -1.66. The summed E-state index contributed by atoms with van der Waals surface area (Å²) in [6.07, 6.45) is 1.78. The van der Waals surface area contributed by atoms with Gasteiger partial charge in [-0.1, -0.05) is 0 Å². The molecule has 0 aliphatic carbocycles. The van der Waals surface area contributed by atoms with Crippen molar-refractivity contribution in [1.29, 1.82) is 0 Å². The van der Waals surface area contributed by atoms with Crippen LogP contribution in [0.1, 0.15) is 21.2 Å². The maximum Gasteiger partial charge on any atom is 0.354 e. The van der Waals surface area contributed by atoms with Crippen molar-refractivity contribution in [1.82, 2.24) is 15.3 Å². The number of rotatable bonds is 5. The summed E-state index contributed by atoms with van der Waals surface area (Å²) in [5.41, 5.74) is 1.42. The van der Waals surface area contributed by atoms with Gasteiger partial charge in [-0.05, 0) is 12.1 Å². The highest BCUT2D eigenvalue weighted by molar-refractivity contribution is 7.09. The maximum atomic E-state index is 11.2. The minimum Gasteiger partial charge on any atom is -0.464 e. The number of H-pyrrole nitrogens is 1. The predicted octanol–water partition coefficient (Wildman–Crippen LogP) is 1.55. The molecule has 0 saturated heterocycles. The summed E-state index contributed by atoms with van der Waals surface area (Å²) in [5, 5.41) is 6.23. The molecule has 0 unspecified atom stereocenters. The van der Waals surface area contributed by atoms with Crippen molar-refractivity contribution in [2.45, 2.75) is 13.1 Å². The summed E-state index contributed by atoms with van der Waals surface area (Å²) < 4.78 is 4.61. The van der Waals surface area contributed by atoms with Crippen LogP contribution < -0.4 is 5.32 Å². The molecule has 2 N–H and O–H groups in total. The van der Waals surface area contributed by atoms with E-state index in [4.69, 9.17) is 0 Å². The van der Waals surface area contributed by atoms with Crippen molar-refractivity contribution >= 4 is 17.3 Å². The number of thiazole rings is 1. The molecule has 0 radical (unpaired) electrons. The van der Waals surface area contributed by atoms with E-state index in [-0.39, 0.29) is 5.97 Å². The van der Waals surface area contributed by atoms with Crippen LogP contribution in [-0.2, 0) is 17.8 Å². The second-order valence-corrected chi connectivity index (χ2v) is 4.40. The molecule has 0 atom stereocenters. The Morgan fingerprint density at radius 1 is 1.53 bits per heavy atom. The summed E-state index contributed by atoms with van der Waals surface area (Å²) in [7, 11) is 1.36. The second kappa shape index (κ2) is 5.60. The Balaban J connectivity index is 1.83. The van der Waals surface area contributed by atoms with Crippen LogP contribution in [0.5, 0.6) is 0 Å². The van der Waals surface area contributed by atoms with Gasteiger partial charge in [0.05, 0.1) is 7.11 Å². The number of nitrogens with zero attached hydrogens (tertiary/aromatic N) is 1. The molecule has 2 aromatic rings. The number of esters is 1. The van der Waals surface area contributed by atoms with Crippen LogP contribution in [-0.4, -0.2) is 23.0 Å². The lowest BCUT2D eigenvalue weighted by Crippen LogP contribution is -2.13. The van der Waals surface area contributed by atoms with E-state index in [2.05, 4.69) is 20.0 Å². The molecule has 90 valence electrons. The Kier molecular flexibility index (Phi) is 3.89. The first-order valence-corrected chi connectivity index (χ1v) is 6.03. The third-order valence-electron chi connectivity index (χ3n) is 2.23. The molecular weight excluding hydrogens is 238 g/mol. The third-order valence-corrected chi connectivity index (χ3v) is 3.01. The molecule has 0 amide bonds. The third kappa shape index (κ3) is 3.15. The minimum atomic E-state index is -0.351. The molecule has 5 nitrogen and oxygen atoms in total. The van der Waals surface area contributed by atoms with E-state index in [1.807, 2.05) is 11.4 Å². The quantitative estimate of drug-likeness (QED) is 0.791. The van der Waals surface area contributed by atoms with Crippen LogP contribution in [0.25, 0.3) is 0 Å². The number of carbonyl (C=O) groups is 1. The summed E-state index contributed by atoms with van der Waals surface area (Å²) in [4.78, 5) is 18.4. The van der Waals surface area contributed by atoms with Gasteiger partial charge in [0, 0.05) is 30.4 Å². The average Bonchev–Trinajstić information content (AvgIpc) is 2.99. The lowest BCUT2D eigenvalue weighted by atomic mass is 10.4. The summed E-state index contributed by atoms with van der Waals surface area (Å²) in [6.45, 7) is 1.39. The van der Waals surface area contributed by atoms with E-state index in [1.54, 1.807) is 23.6 Å². The number of hydrogen-bond donors (Lipinski definition) is 2. The van der Waals surface area contributed by atoms with Gasteiger partial charge in [0.2, 0.25) is 0 Å². The zero-order valence-electron chi connectivity index (χ0n) is 9.40. The SMILES string of the molecule is COC(=O)c1ccc(CNCc2nccs2)[nH]1. The maximum absolute atomic E-state index is 11.2. The van der Waals surface area contributed by atoms with Crippen LogP contribution in [0.4, 0.5) is 0 Å².